The first-order valence-electron chi connectivity index (χ1n) is 6.67. The van der Waals surface area contributed by atoms with Crippen LogP contribution >= 0.6 is 0 Å². The molecule has 0 atom stereocenters. The van der Waals surface area contributed by atoms with Crippen LogP contribution in [0.2, 0.25) is 0 Å². The predicted octanol–water partition coefficient (Wildman–Crippen LogP) is 1.32. The maximum atomic E-state index is 11.0. The molecule has 1 aromatic rings. The van der Waals surface area contributed by atoms with E-state index in [1.807, 2.05) is 0 Å². The van der Waals surface area contributed by atoms with Crippen molar-refractivity contribution in [3.63, 3.8) is 0 Å². The molecule has 2 rings (SSSR count). The monoisotopic (exact) mass is 262 g/mol. The van der Waals surface area contributed by atoms with E-state index in [-0.39, 0.29) is 0 Å². The van der Waals surface area contributed by atoms with Gasteiger partial charge in [-0.05, 0) is 50.5 Å². The van der Waals surface area contributed by atoms with E-state index in [0.717, 1.165) is 25.5 Å². The first kappa shape index (κ1) is 13.8. The maximum absolute atomic E-state index is 11.0. The van der Waals surface area contributed by atoms with E-state index in [1.54, 1.807) is 12.1 Å². The summed E-state index contributed by atoms with van der Waals surface area (Å²) < 4.78 is 0. The number of aromatic nitrogens is 1. The van der Waals surface area contributed by atoms with Crippen LogP contribution in [0.4, 0.5) is 5.82 Å². The van der Waals surface area contributed by atoms with Gasteiger partial charge in [0.05, 0.1) is 5.56 Å². The molecule has 1 amide bonds. The first-order chi connectivity index (χ1) is 8.98. The zero-order valence-electron chi connectivity index (χ0n) is 11.6. The Bertz CT molecular complexity index is 435. The molecule has 19 heavy (non-hydrogen) atoms. The number of nitrogens with zero attached hydrogens (tertiary/aromatic N) is 2. The summed E-state index contributed by atoms with van der Waals surface area (Å²) in [4.78, 5) is 17.5. The molecule has 1 saturated heterocycles. The van der Waals surface area contributed by atoms with E-state index in [0.29, 0.717) is 11.0 Å². The maximum Gasteiger partial charge on any atom is 0.250 e. The average molecular weight is 262 g/mol. The minimum Gasteiger partial charge on any atom is -0.370 e. The molecule has 1 fully saturated rings. The summed E-state index contributed by atoms with van der Waals surface area (Å²) in [6.45, 7) is 5.51. The summed E-state index contributed by atoms with van der Waals surface area (Å²) >= 11 is 0. The van der Waals surface area contributed by atoms with Crippen LogP contribution in [0.1, 0.15) is 30.1 Å². The Hall–Kier alpha value is -1.62. The van der Waals surface area contributed by atoms with Gasteiger partial charge in [-0.15, -0.1) is 0 Å². The van der Waals surface area contributed by atoms with Gasteiger partial charge in [-0.25, -0.2) is 4.98 Å². The molecule has 1 aliphatic rings. The second-order valence-electron chi connectivity index (χ2n) is 5.76. The van der Waals surface area contributed by atoms with Gasteiger partial charge in [0, 0.05) is 12.7 Å². The number of nitrogens with two attached hydrogens (primary N) is 1. The van der Waals surface area contributed by atoms with E-state index >= 15 is 0 Å². The number of primary amides is 1. The van der Waals surface area contributed by atoms with Crippen LogP contribution in [-0.4, -0.2) is 42.5 Å². The highest BCUT2D eigenvalue weighted by Crippen LogP contribution is 2.30. The van der Waals surface area contributed by atoms with Gasteiger partial charge in [0.15, 0.2) is 0 Å². The van der Waals surface area contributed by atoms with Gasteiger partial charge in [0.25, 0.3) is 0 Å². The fourth-order valence-corrected chi connectivity index (χ4v) is 2.28. The Morgan fingerprint density at radius 2 is 2.16 bits per heavy atom. The number of nitrogens with one attached hydrogen (secondary N) is 1. The summed E-state index contributed by atoms with van der Waals surface area (Å²) in [7, 11) is 2.16. The molecule has 0 aliphatic carbocycles. The van der Waals surface area contributed by atoms with Crippen molar-refractivity contribution in [3.05, 3.63) is 23.9 Å². The van der Waals surface area contributed by atoms with Crippen LogP contribution in [0.25, 0.3) is 0 Å². The smallest absolute Gasteiger partial charge is 0.250 e. The molecule has 0 spiro atoms. The number of hydrogen-bond donors (Lipinski definition) is 2. The summed E-state index contributed by atoms with van der Waals surface area (Å²) in [6, 6.07) is 3.51. The van der Waals surface area contributed by atoms with Gasteiger partial charge in [-0.1, -0.05) is 6.92 Å². The third-order valence-corrected chi connectivity index (χ3v) is 3.94. The number of anilines is 1. The molecule has 0 saturated carbocycles. The molecule has 5 nitrogen and oxygen atoms in total. The standard InChI is InChI=1S/C14H22N4O/c1-14(5-7-18(2)8-6-14)10-17-12-4-3-11(9-16-12)13(15)19/h3-4,9H,5-8,10H2,1-2H3,(H2,15,19)(H,16,17). The van der Waals surface area contributed by atoms with Gasteiger partial charge >= 0.3 is 0 Å². The highest BCUT2D eigenvalue weighted by atomic mass is 16.1. The summed E-state index contributed by atoms with van der Waals surface area (Å²) in [5.74, 6) is 0.353. The SMILES string of the molecule is CN1CCC(C)(CNc2ccc(C(N)=O)cn2)CC1. The Kier molecular flexibility index (Phi) is 4.04. The van der Waals surface area contributed by atoms with Crippen LogP contribution in [0, 0.1) is 5.41 Å². The predicted molar refractivity (Wildman–Crippen MR) is 76.1 cm³/mol. The van der Waals surface area contributed by atoms with Gasteiger partial charge in [0.1, 0.15) is 5.82 Å². The van der Waals surface area contributed by atoms with E-state index in [2.05, 4.69) is 29.2 Å². The van der Waals surface area contributed by atoms with Crippen molar-refractivity contribution in [3.8, 4) is 0 Å². The molecule has 1 aromatic heterocycles. The van der Waals surface area contributed by atoms with E-state index < -0.39 is 5.91 Å². The number of carbonyl (C=O) groups is 1. The van der Waals surface area contributed by atoms with Gasteiger partial charge in [-0.3, -0.25) is 4.79 Å². The van der Waals surface area contributed by atoms with Crippen molar-refractivity contribution in [2.45, 2.75) is 19.8 Å². The number of carbonyl (C=O) groups excluding carboxylic acids is 1. The Balaban J connectivity index is 1.89. The van der Waals surface area contributed by atoms with Crippen LogP contribution < -0.4 is 11.1 Å². The van der Waals surface area contributed by atoms with Crippen molar-refractivity contribution in [2.24, 2.45) is 11.1 Å². The fourth-order valence-electron chi connectivity index (χ4n) is 2.28. The first-order valence-corrected chi connectivity index (χ1v) is 6.67. The van der Waals surface area contributed by atoms with E-state index in [4.69, 9.17) is 5.73 Å². The molecule has 104 valence electrons. The van der Waals surface area contributed by atoms with E-state index in [9.17, 15) is 4.79 Å². The highest BCUT2D eigenvalue weighted by Gasteiger charge is 2.28. The molecule has 0 bridgehead atoms. The average Bonchev–Trinajstić information content (AvgIpc) is 2.41. The third kappa shape index (κ3) is 3.67. The molecule has 3 N–H and O–H groups in total. The second kappa shape index (κ2) is 5.57. The zero-order valence-corrected chi connectivity index (χ0v) is 11.6. The number of likely N-dealkylation sites (tertiary alicyclic amines) is 1. The van der Waals surface area contributed by atoms with Crippen molar-refractivity contribution in [1.29, 1.82) is 0 Å². The molecule has 0 aromatic carbocycles. The van der Waals surface area contributed by atoms with Gasteiger partial charge < -0.3 is 16.0 Å². The molecular weight excluding hydrogens is 240 g/mol. The van der Waals surface area contributed by atoms with Crippen molar-refractivity contribution < 1.29 is 4.79 Å². The van der Waals surface area contributed by atoms with Crippen LogP contribution in [0.15, 0.2) is 18.3 Å². The third-order valence-electron chi connectivity index (χ3n) is 3.94. The number of hydrogen-bond acceptors (Lipinski definition) is 4. The summed E-state index contributed by atoms with van der Waals surface area (Å²) in [6.07, 6.45) is 3.90. The number of piperidine rings is 1. The minimum absolute atomic E-state index is 0.316. The number of pyridine rings is 1. The van der Waals surface area contributed by atoms with Crippen molar-refractivity contribution in [1.82, 2.24) is 9.88 Å². The Labute approximate surface area is 114 Å². The topological polar surface area (TPSA) is 71.2 Å². The molecule has 0 radical (unpaired) electrons. The Morgan fingerprint density at radius 3 is 2.68 bits per heavy atom. The van der Waals surface area contributed by atoms with Crippen molar-refractivity contribution in [2.75, 3.05) is 32.0 Å². The van der Waals surface area contributed by atoms with Crippen molar-refractivity contribution >= 4 is 11.7 Å². The lowest BCUT2D eigenvalue weighted by atomic mass is 9.80. The summed E-state index contributed by atoms with van der Waals surface area (Å²) in [5.41, 5.74) is 5.94. The van der Waals surface area contributed by atoms with Crippen LogP contribution in [-0.2, 0) is 0 Å². The fraction of sp³-hybridized carbons (Fsp3) is 0.571. The number of rotatable bonds is 4. The molecule has 1 aliphatic heterocycles. The lowest BCUT2D eigenvalue weighted by molar-refractivity contribution is 0.1000. The van der Waals surface area contributed by atoms with Crippen LogP contribution in [0.5, 0.6) is 0 Å². The zero-order chi connectivity index (χ0) is 13.9. The Morgan fingerprint density at radius 1 is 1.47 bits per heavy atom. The lowest BCUT2D eigenvalue weighted by Crippen LogP contribution is -2.40. The summed E-state index contributed by atoms with van der Waals surface area (Å²) in [5, 5.41) is 3.35. The van der Waals surface area contributed by atoms with E-state index in [1.165, 1.54) is 19.0 Å². The minimum atomic E-state index is -0.443. The number of amides is 1. The largest absolute Gasteiger partial charge is 0.370 e. The molecule has 0 unspecified atom stereocenters. The molecule has 5 heteroatoms. The molecular formula is C14H22N4O. The lowest BCUT2D eigenvalue weighted by Gasteiger charge is -2.38. The molecule has 2 heterocycles. The second-order valence-corrected chi connectivity index (χ2v) is 5.76. The van der Waals surface area contributed by atoms with Crippen LogP contribution in [0.3, 0.4) is 0 Å². The van der Waals surface area contributed by atoms with Gasteiger partial charge in [-0.2, -0.15) is 0 Å². The normalized spacial score (nSPS) is 19.1. The quantitative estimate of drug-likeness (QED) is 0.858. The highest BCUT2D eigenvalue weighted by molar-refractivity contribution is 5.92. The van der Waals surface area contributed by atoms with Gasteiger partial charge in [0.2, 0.25) is 5.91 Å².